The predicted octanol–water partition coefficient (Wildman–Crippen LogP) is 2.09. The minimum atomic E-state index is -0.409. The summed E-state index contributed by atoms with van der Waals surface area (Å²) in [5.74, 6) is 8.20. The van der Waals surface area contributed by atoms with Gasteiger partial charge in [0.2, 0.25) is 12.5 Å². The third-order valence-electron chi connectivity index (χ3n) is 5.12. The number of phenolic OH excluding ortho intramolecular Hbond substituents is 1. The molecule has 8 heteroatoms. The second-order valence-electron chi connectivity index (χ2n) is 6.56. The fourth-order valence-corrected chi connectivity index (χ4v) is 3.75. The van der Waals surface area contributed by atoms with Crippen molar-refractivity contribution in [1.82, 2.24) is 5.43 Å². The highest BCUT2D eigenvalue weighted by atomic mass is 16.7. The number of fused-ring (bicyclic) bond motifs is 2. The Kier molecular flexibility index (Phi) is 4.37. The van der Waals surface area contributed by atoms with Crippen LogP contribution in [-0.2, 0) is 0 Å². The largest absolute Gasteiger partial charge is 0.502 e. The molecular formula is C19H22N2O6. The number of nitrogens with one attached hydrogen (secondary N) is 1. The Morgan fingerprint density at radius 3 is 2.26 bits per heavy atom. The van der Waals surface area contributed by atoms with Gasteiger partial charge >= 0.3 is 0 Å². The summed E-state index contributed by atoms with van der Waals surface area (Å²) in [6, 6.07) is 7.34. The third kappa shape index (κ3) is 2.77. The molecule has 4 N–H and O–H groups in total. The molecule has 4 rings (SSSR count). The average Bonchev–Trinajstić information content (AvgIpc) is 3.13. The Bertz CT molecular complexity index is 847. The lowest BCUT2D eigenvalue weighted by Gasteiger charge is -2.38. The Labute approximate surface area is 156 Å². The summed E-state index contributed by atoms with van der Waals surface area (Å²) in [5, 5.41) is 10.3. The molecule has 0 unspecified atom stereocenters. The SMILES string of the molecule is COc1cc([C@H]2c3cc4c(cc3O[C@H](NN)[C@H]2C)OCO4)cc(OC)c1O. The molecule has 8 nitrogen and oxygen atoms in total. The molecule has 0 aromatic heterocycles. The second-order valence-corrected chi connectivity index (χ2v) is 6.56. The molecule has 144 valence electrons. The molecule has 0 aliphatic carbocycles. The van der Waals surface area contributed by atoms with E-state index < -0.39 is 6.23 Å². The van der Waals surface area contributed by atoms with Gasteiger partial charge < -0.3 is 28.8 Å². The van der Waals surface area contributed by atoms with Crippen molar-refractivity contribution in [3.63, 3.8) is 0 Å². The Morgan fingerprint density at radius 1 is 1.04 bits per heavy atom. The molecule has 2 aliphatic rings. The van der Waals surface area contributed by atoms with E-state index in [1.165, 1.54) is 14.2 Å². The smallest absolute Gasteiger partial charge is 0.231 e. The van der Waals surface area contributed by atoms with Crippen LogP contribution in [0.25, 0.3) is 0 Å². The maximum absolute atomic E-state index is 10.3. The maximum atomic E-state index is 10.3. The van der Waals surface area contributed by atoms with Crippen molar-refractivity contribution in [2.75, 3.05) is 21.0 Å². The number of hydrogen-bond acceptors (Lipinski definition) is 8. The van der Waals surface area contributed by atoms with Crippen LogP contribution in [-0.4, -0.2) is 32.3 Å². The van der Waals surface area contributed by atoms with Crippen LogP contribution >= 0.6 is 0 Å². The first-order valence-electron chi connectivity index (χ1n) is 8.58. The first-order chi connectivity index (χ1) is 13.1. The molecule has 0 saturated carbocycles. The van der Waals surface area contributed by atoms with Gasteiger partial charge in [0.05, 0.1) is 14.2 Å². The van der Waals surface area contributed by atoms with E-state index >= 15 is 0 Å². The lowest BCUT2D eigenvalue weighted by molar-refractivity contribution is 0.0795. The molecular weight excluding hydrogens is 352 g/mol. The standard InChI is InChI=1S/C19H22N2O6/c1-9-17(10-4-15(23-2)18(22)16(5-10)24-3)11-6-13-14(26-8-25-13)7-12(11)27-19(9)21-20/h4-7,9,17,19,21-22H,8,20H2,1-3H3/t9-,17-,19-/m0/s1. The van der Waals surface area contributed by atoms with E-state index in [1.54, 1.807) is 12.1 Å². The Morgan fingerprint density at radius 2 is 1.67 bits per heavy atom. The molecule has 27 heavy (non-hydrogen) atoms. The van der Waals surface area contributed by atoms with Gasteiger partial charge in [0.15, 0.2) is 29.2 Å². The fraction of sp³-hybridized carbons (Fsp3) is 0.368. The van der Waals surface area contributed by atoms with Crippen LogP contribution < -0.4 is 35.0 Å². The zero-order valence-corrected chi connectivity index (χ0v) is 15.3. The Hall–Kier alpha value is -2.84. The van der Waals surface area contributed by atoms with Gasteiger partial charge in [-0.3, -0.25) is 5.84 Å². The van der Waals surface area contributed by atoms with Crippen LogP contribution in [0, 0.1) is 5.92 Å². The first-order valence-corrected chi connectivity index (χ1v) is 8.58. The molecule has 2 aliphatic heterocycles. The maximum Gasteiger partial charge on any atom is 0.231 e. The molecule has 0 saturated heterocycles. The van der Waals surface area contributed by atoms with E-state index in [0.717, 1.165) is 11.1 Å². The minimum Gasteiger partial charge on any atom is -0.502 e. The summed E-state index contributed by atoms with van der Waals surface area (Å²) in [4.78, 5) is 0. The number of hydrazine groups is 1. The lowest BCUT2D eigenvalue weighted by atomic mass is 9.78. The van der Waals surface area contributed by atoms with Crippen molar-refractivity contribution >= 4 is 0 Å². The van der Waals surface area contributed by atoms with E-state index in [1.807, 2.05) is 19.1 Å². The number of phenols is 1. The van der Waals surface area contributed by atoms with Gasteiger partial charge in [-0.05, 0) is 23.8 Å². The predicted molar refractivity (Wildman–Crippen MR) is 96.5 cm³/mol. The van der Waals surface area contributed by atoms with Gasteiger partial charge in [-0.15, -0.1) is 0 Å². The third-order valence-corrected chi connectivity index (χ3v) is 5.12. The summed E-state index contributed by atoms with van der Waals surface area (Å²) in [5.41, 5.74) is 4.56. The first kappa shape index (κ1) is 17.6. The number of methoxy groups -OCH3 is 2. The summed E-state index contributed by atoms with van der Waals surface area (Å²) in [7, 11) is 3.00. The Balaban J connectivity index is 1.89. The van der Waals surface area contributed by atoms with Crippen molar-refractivity contribution < 1.29 is 28.8 Å². The van der Waals surface area contributed by atoms with Gasteiger partial charge in [-0.2, -0.15) is 0 Å². The van der Waals surface area contributed by atoms with E-state index in [0.29, 0.717) is 28.7 Å². The molecule has 3 atom stereocenters. The number of nitrogens with two attached hydrogens (primary N) is 1. The van der Waals surface area contributed by atoms with Crippen molar-refractivity contribution in [2.45, 2.75) is 19.1 Å². The van der Waals surface area contributed by atoms with E-state index in [2.05, 4.69) is 5.43 Å². The highest BCUT2D eigenvalue weighted by Gasteiger charge is 2.38. The average molecular weight is 374 g/mol. The topological polar surface area (TPSA) is 104 Å². The number of benzene rings is 2. The lowest BCUT2D eigenvalue weighted by Crippen LogP contribution is -2.48. The number of ether oxygens (including phenoxy) is 5. The number of aromatic hydroxyl groups is 1. The molecule has 2 aromatic rings. The van der Waals surface area contributed by atoms with E-state index in [9.17, 15) is 5.11 Å². The molecule has 2 aromatic carbocycles. The molecule has 2 heterocycles. The second kappa shape index (κ2) is 6.71. The van der Waals surface area contributed by atoms with Crippen molar-refractivity contribution in [3.8, 4) is 34.5 Å². The van der Waals surface area contributed by atoms with Gasteiger partial charge in [0, 0.05) is 23.5 Å². The van der Waals surface area contributed by atoms with Crippen LogP contribution in [0.2, 0.25) is 0 Å². The highest BCUT2D eigenvalue weighted by molar-refractivity contribution is 5.59. The fourth-order valence-electron chi connectivity index (χ4n) is 3.75. The highest BCUT2D eigenvalue weighted by Crippen LogP contribution is 2.50. The zero-order chi connectivity index (χ0) is 19.1. The molecule has 0 spiro atoms. The minimum absolute atomic E-state index is 0.0261. The summed E-state index contributed by atoms with van der Waals surface area (Å²) in [6.45, 7) is 2.21. The van der Waals surface area contributed by atoms with E-state index in [-0.39, 0.29) is 24.4 Å². The van der Waals surface area contributed by atoms with Crippen LogP contribution in [0.3, 0.4) is 0 Å². The zero-order valence-electron chi connectivity index (χ0n) is 15.3. The van der Waals surface area contributed by atoms with E-state index in [4.69, 9.17) is 29.5 Å². The summed E-state index contributed by atoms with van der Waals surface area (Å²) >= 11 is 0. The normalized spacial score (nSPS) is 22.7. The monoisotopic (exact) mass is 374 g/mol. The quantitative estimate of drug-likeness (QED) is 0.552. The van der Waals surface area contributed by atoms with Crippen LogP contribution in [0.1, 0.15) is 24.0 Å². The van der Waals surface area contributed by atoms with Crippen LogP contribution in [0.4, 0.5) is 0 Å². The van der Waals surface area contributed by atoms with Crippen molar-refractivity contribution in [1.29, 1.82) is 0 Å². The van der Waals surface area contributed by atoms with Gasteiger partial charge in [0.1, 0.15) is 5.75 Å². The van der Waals surface area contributed by atoms with Gasteiger partial charge in [-0.25, -0.2) is 5.43 Å². The van der Waals surface area contributed by atoms with Crippen LogP contribution in [0.5, 0.6) is 34.5 Å². The van der Waals surface area contributed by atoms with Crippen LogP contribution in [0.15, 0.2) is 24.3 Å². The van der Waals surface area contributed by atoms with Gasteiger partial charge in [0.25, 0.3) is 0 Å². The molecule has 0 bridgehead atoms. The number of rotatable bonds is 4. The van der Waals surface area contributed by atoms with Gasteiger partial charge in [-0.1, -0.05) is 6.92 Å². The molecule has 0 amide bonds. The number of hydrogen-bond donors (Lipinski definition) is 3. The summed E-state index contributed by atoms with van der Waals surface area (Å²) in [6.07, 6.45) is -0.409. The summed E-state index contributed by atoms with van der Waals surface area (Å²) < 4.78 is 27.7. The van der Waals surface area contributed by atoms with Crippen molar-refractivity contribution in [3.05, 3.63) is 35.4 Å². The van der Waals surface area contributed by atoms with Crippen molar-refractivity contribution in [2.24, 2.45) is 11.8 Å². The molecule has 0 radical (unpaired) electrons. The molecule has 0 fully saturated rings.